The highest BCUT2D eigenvalue weighted by Crippen LogP contribution is 2.37. The maximum atomic E-state index is 13.3. The van der Waals surface area contributed by atoms with Crippen molar-refractivity contribution in [3.63, 3.8) is 0 Å². The second kappa shape index (κ2) is 11.7. The van der Waals surface area contributed by atoms with Crippen LogP contribution < -0.4 is 0 Å². The number of nitrogens with zero attached hydrogens (tertiary/aromatic N) is 1. The number of ketones is 1. The van der Waals surface area contributed by atoms with Crippen molar-refractivity contribution >= 4 is 29.2 Å². The highest BCUT2D eigenvalue weighted by Gasteiger charge is 2.44. The molecular weight excluding hydrogens is 450 g/mol. The van der Waals surface area contributed by atoms with Crippen LogP contribution in [0.25, 0.3) is 6.08 Å². The van der Waals surface area contributed by atoms with E-state index >= 15 is 0 Å². The normalized spacial score (nSPS) is 30.6. The number of carbonyl (C=O) groups is 2. The van der Waals surface area contributed by atoms with Gasteiger partial charge in [-0.2, -0.15) is 0 Å². The number of esters is 1. The van der Waals surface area contributed by atoms with Crippen LogP contribution in [0, 0.1) is 23.7 Å². The second-order valence-corrected chi connectivity index (χ2v) is 11.8. The van der Waals surface area contributed by atoms with Gasteiger partial charge in [-0.25, -0.2) is 4.98 Å². The average molecular weight is 492 g/mol. The minimum atomic E-state index is -1.22. The van der Waals surface area contributed by atoms with Gasteiger partial charge in [0.25, 0.3) is 0 Å². The predicted molar refractivity (Wildman–Crippen MR) is 136 cm³/mol. The Morgan fingerprint density at radius 1 is 1.21 bits per heavy atom. The predicted octanol–water partition coefficient (Wildman–Crippen LogP) is 5.27. The van der Waals surface area contributed by atoms with E-state index in [1.807, 2.05) is 45.2 Å². The average Bonchev–Trinajstić information content (AvgIpc) is 3.17. The van der Waals surface area contributed by atoms with Crippen LogP contribution in [0.4, 0.5) is 0 Å². The Labute approximate surface area is 208 Å². The van der Waals surface area contributed by atoms with Gasteiger partial charge in [0.15, 0.2) is 0 Å². The maximum Gasteiger partial charge on any atom is 0.309 e. The van der Waals surface area contributed by atoms with Crippen molar-refractivity contribution in [2.75, 3.05) is 0 Å². The molecule has 2 heterocycles. The summed E-state index contributed by atoms with van der Waals surface area (Å²) in [6.07, 6.45) is 6.13. The molecule has 2 N–H and O–H groups in total. The Hall–Kier alpha value is -1.83. The number of hydrogen-bond acceptors (Lipinski definition) is 7. The van der Waals surface area contributed by atoms with Crippen LogP contribution in [0.5, 0.6) is 0 Å². The van der Waals surface area contributed by atoms with Gasteiger partial charge in [-0.1, -0.05) is 46.8 Å². The van der Waals surface area contributed by atoms with Crippen LogP contribution in [0.2, 0.25) is 0 Å². The minimum absolute atomic E-state index is 0.258. The van der Waals surface area contributed by atoms with Gasteiger partial charge in [0.2, 0.25) is 0 Å². The highest BCUT2D eigenvalue weighted by molar-refractivity contribution is 7.09. The second-order valence-electron chi connectivity index (χ2n) is 10.8. The Kier molecular flexibility index (Phi) is 9.80. The number of thiazole rings is 1. The number of Topliss-reactive ketones (excluding diaryl/α,β-unsaturated/α-hetero) is 1. The number of carbonyl (C=O) groups excluding carboxylic acids is 2. The van der Waals surface area contributed by atoms with E-state index in [4.69, 9.17) is 4.74 Å². The lowest BCUT2D eigenvalue weighted by molar-refractivity contribution is -0.154. The summed E-state index contributed by atoms with van der Waals surface area (Å²) < 4.78 is 5.77. The number of rotatable bonds is 2. The van der Waals surface area contributed by atoms with Crippen LogP contribution in [-0.4, -0.2) is 45.3 Å². The van der Waals surface area contributed by atoms with Crippen molar-refractivity contribution in [1.82, 2.24) is 4.98 Å². The molecule has 6 nitrogen and oxygen atoms in total. The molecule has 0 saturated heterocycles. The number of hydrogen-bond donors (Lipinski definition) is 2. The summed E-state index contributed by atoms with van der Waals surface area (Å²) in [5, 5.41) is 24.7. The molecular formula is C27H41NO5S. The van der Waals surface area contributed by atoms with Gasteiger partial charge >= 0.3 is 5.97 Å². The zero-order valence-corrected chi connectivity index (χ0v) is 22.4. The van der Waals surface area contributed by atoms with Crippen LogP contribution in [-0.2, 0) is 14.3 Å². The van der Waals surface area contributed by atoms with Crippen molar-refractivity contribution in [2.45, 2.75) is 98.9 Å². The Balaban J connectivity index is 2.31. The lowest BCUT2D eigenvalue weighted by atomic mass is 9.69. The number of aromatic nitrogens is 1. The van der Waals surface area contributed by atoms with Gasteiger partial charge in [-0.05, 0) is 50.2 Å². The van der Waals surface area contributed by atoms with Gasteiger partial charge in [-0.3, -0.25) is 9.59 Å². The molecule has 0 aromatic carbocycles. The van der Waals surface area contributed by atoms with Gasteiger partial charge in [0.05, 0.1) is 34.7 Å². The third-order valence-electron chi connectivity index (χ3n) is 7.02. The zero-order valence-electron chi connectivity index (χ0n) is 21.6. The summed E-state index contributed by atoms with van der Waals surface area (Å²) in [6, 6.07) is 0. The Morgan fingerprint density at radius 3 is 2.50 bits per heavy atom. The third-order valence-corrected chi connectivity index (χ3v) is 7.81. The minimum Gasteiger partial charge on any atom is -0.457 e. The smallest absolute Gasteiger partial charge is 0.309 e. The Morgan fingerprint density at radius 2 is 1.88 bits per heavy atom. The summed E-state index contributed by atoms with van der Waals surface area (Å²) >= 11 is 1.56. The standard InChI is InChI=1S/C27H41NO5S/c1-17(14-20-16-34-19(3)28-20)21-12-10-8-9-11-13-26(4,5)24(31)18(2)25(32)27(6,7)22(29)15-23(30)33-21/h8,10,14,16,18,21-22,24,29,31H,9,11-13,15H2,1-7H3/b10-8-,17-14+/t18-,21+,22+,24-/m1/s1. The fourth-order valence-corrected chi connectivity index (χ4v) is 5.02. The molecule has 1 aromatic rings. The molecule has 0 saturated carbocycles. The molecule has 0 unspecified atom stereocenters. The molecule has 0 amide bonds. The summed E-state index contributed by atoms with van der Waals surface area (Å²) in [4.78, 5) is 30.5. The molecule has 4 atom stereocenters. The number of aliphatic hydroxyl groups is 2. The topological polar surface area (TPSA) is 96.7 Å². The van der Waals surface area contributed by atoms with Gasteiger partial charge in [0, 0.05) is 17.7 Å². The first kappa shape index (κ1) is 28.4. The first-order valence-electron chi connectivity index (χ1n) is 12.1. The number of cyclic esters (lactones) is 1. The van der Waals surface area contributed by atoms with E-state index < -0.39 is 41.0 Å². The lowest BCUT2D eigenvalue weighted by Gasteiger charge is -2.38. The van der Waals surface area contributed by atoms with Crippen molar-refractivity contribution < 1.29 is 24.5 Å². The molecule has 34 heavy (non-hydrogen) atoms. The summed E-state index contributed by atoms with van der Waals surface area (Å²) in [5.41, 5.74) is 0.0409. The number of allylic oxidation sites excluding steroid dienone is 1. The van der Waals surface area contributed by atoms with E-state index in [-0.39, 0.29) is 12.2 Å². The summed E-state index contributed by atoms with van der Waals surface area (Å²) in [6.45, 7) is 12.8. The number of aliphatic hydroxyl groups excluding tert-OH is 2. The molecule has 0 radical (unpaired) electrons. The van der Waals surface area contributed by atoms with Crippen molar-refractivity contribution in [2.24, 2.45) is 16.7 Å². The van der Waals surface area contributed by atoms with E-state index in [1.165, 1.54) is 0 Å². The van der Waals surface area contributed by atoms with E-state index in [2.05, 4.69) is 11.1 Å². The molecule has 0 fully saturated rings. The molecule has 7 heteroatoms. The van der Waals surface area contributed by atoms with E-state index in [9.17, 15) is 19.8 Å². The van der Waals surface area contributed by atoms with Crippen LogP contribution in [0.3, 0.4) is 0 Å². The molecule has 0 bridgehead atoms. The first-order valence-corrected chi connectivity index (χ1v) is 13.0. The van der Waals surface area contributed by atoms with Crippen molar-refractivity contribution in [1.29, 1.82) is 0 Å². The first-order chi connectivity index (χ1) is 15.8. The molecule has 0 spiro atoms. The number of ether oxygens (including phenoxy) is 1. The summed E-state index contributed by atoms with van der Waals surface area (Å²) in [5.74, 6) is -1.49. The van der Waals surface area contributed by atoms with Gasteiger partial charge < -0.3 is 14.9 Å². The molecule has 190 valence electrons. The maximum absolute atomic E-state index is 13.3. The Bertz CT molecular complexity index is 914. The van der Waals surface area contributed by atoms with E-state index in [0.29, 0.717) is 6.42 Å². The van der Waals surface area contributed by atoms with Crippen molar-refractivity contribution in [3.8, 4) is 0 Å². The third kappa shape index (κ3) is 7.33. The van der Waals surface area contributed by atoms with Gasteiger partial charge in [0.1, 0.15) is 11.9 Å². The molecule has 1 aromatic heterocycles. The molecule has 1 aliphatic rings. The molecule has 2 rings (SSSR count). The fourth-order valence-electron chi connectivity index (χ4n) is 4.45. The SMILES string of the molecule is C/C(=C\c1csc(C)n1)[C@@H]1C/C=C\CCCC(C)(C)[C@H](O)[C@@H](C)C(=O)C(C)(C)[C@@H](O)CC(=O)O1. The van der Waals surface area contributed by atoms with Gasteiger partial charge in [-0.15, -0.1) is 11.3 Å². The van der Waals surface area contributed by atoms with E-state index in [0.717, 1.165) is 35.5 Å². The monoisotopic (exact) mass is 491 g/mol. The van der Waals surface area contributed by atoms with Crippen LogP contribution in [0.15, 0.2) is 23.1 Å². The fraction of sp³-hybridized carbons (Fsp3) is 0.667. The van der Waals surface area contributed by atoms with E-state index in [1.54, 1.807) is 32.1 Å². The molecule has 1 aliphatic heterocycles. The quantitative estimate of drug-likeness (QED) is 0.432. The summed E-state index contributed by atoms with van der Waals surface area (Å²) in [7, 11) is 0. The zero-order chi connectivity index (χ0) is 25.7. The highest BCUT2D eigenvalue weighted by atomic mass is 32.1. The molecule has 0 aliphatic carbocycles. The number of aryl methyl sites for hydroxylation is 1. The lowest BCUT2D eigenvalue weighted by Crippen LogP contribution is -2.47. The largest absolute Gasteiger partial charge is 0.457 e. The van der Waals surface area contributed by atoms with Crippen LogP contribution in [0.1, 0.15) is 84.3 Å². The van der Waals surface area contributed by atoms with Crippen molar-refractivity contribution in [3.05, 3.63) is 33.8 Å². The van der Waals surface area contributed by atoms with Crippen LogP contribution >= 0.6 is 11.3 Å².